The van der Waals surface area contributed by atoms with Gasteiger partial charge in [0.15, 0.2) is 5.82 Å². The van der Waals surface area contributed by atoms with Crippen molar-refractivity contribution in [1.82, 2.24) is 15.2 Å². The van der Waals surface area contributed by atoms with Crippen LogP contribution in [0.4, 0.5) is 5.69 Å². The summed E-state index contributed by atoms with van der Waals surface area (Å²) in [5.41, 5.74) is 3.07. The van der Waals surface area contributed by atoms with Crippen molar-refractivity contribution < 1.29 is 4.79 Å². The van der Waals surface area contributed by atoms with Gasteiger partial charge in [-0.05, 0) is 43.8 Å². The summed E-state index contributed by atoms with van der Waals surface area (Å²) in [4.78, 5) is 17.9. The van der Waals surface area contributed by atoms with Gasteiger partial charge in [-0.2, -0.15) is 0 Å². The van der Waals surface area contributed by atoms with E-state index in [1.807, 2.05) is 50.4 Å². The predicted molar refractivity (Wildman–Crippen MR) is 99.6 cm³/mol. The third-order valence-electron chi connectivity index (χ3n) is 3.51. The summed E-state index contributed by atoms with van der Waals surface area (Å²) in [6.45, 7) is 5.87. The number of thioether (sulfide) groups is 1. The molecule has 0 radical (unpaired) electrons. The molecule has 1 atom stereocenters. The van der Waals surface area contributed by atoms with Gasteiger partial charge in [-0.3, -0.25) is 9.89 Å². The molecule has 24 heavy (non-hydrogen) atoms. The third kappa shape index (κ3) is 3.85. The van der Waals surface area contributed by atoms with Gasteiger partial charge in [-0.1, -0.05) is 35.5 Å². The van der Waals surface area contributed by atoms with Crippen molar-refractivity contribution in [2.45, 2.75) is 31.2 Å². The van der Waals surface area contributed by atoms with Crippen molar-refractivity contribution in [3.8, 4) is 10.7 Å². The van der Waals surface area contributed by atoms with E-state index in [4.69, 9.17) is 0 Å². The van der Waals surface area contributed by atoms with Crippen molar-refractivity contribution in [3.63, 3.8) is 0 Å². The van der Waals surface area contributed by atoms with Gasteiger partial charge in [0.2, 0.25) is 11.1 Å². The first-order valence-electron chi connectivity index (χ1n) is 7.54. The van der Waals surface area contributed by atoms with E-state index in [1.165, 1.54) is 17.3 Å². The minimum Gasteiger partial charge on any atom is -0.325 e. The van der Waals surface area contributed by atoms with Crippen LogP contribution in [0.5, 0.6) is 0 Å². The molecule has 3 aromatic rings. The van der Waals surface area contributed by atoms with Crippen LogP contribution in [0.3, 0.4) is 0 Å². The number of carbonyl (C=O) groups is 1. The summed E-state index contributed by atoms with van der Waals surface area (Å²) < 4.78 is 0. The van der Waals surface area contributed by atoms with Crippen LogP contribution in [0.15, 0.2) is 40.9 Å². The minimum absolute atomic E-state index is 0.0607. The molecule has 0 saturated heterocycles. The average Bonchev–Trinajstić information content (AvgIpc) is 3.20. The Hall–Kier alpha value is -2.12. The Balaban J connectivity index is 1.64. The van der Waals surface area contributed by atoms with Crippen LogP contribution < -0.4 is 5.32 Å². The molecule has 124 valence electrons. The summed E-state index contributed by atoms with van der Waals surface area (Å²) in [6, 6.07) is 9.92. The molecule has 2 N–H and O–H groups in total. The van der Waals surface area contributed by atoms with E-state index in [9.17, 15) is 4.79 Å². The number of carbonyl (C=O) groups excluding carboxylic acids is 1. The molecule has 3 rings (SSSR count). The maximum absolute atomic E-state index is 12.4. The van der Waals surface area contributed by atoms with Crippen LogP contribution in [-0.4, -0.2) is 26.3 Å². The molecule has 7 heteroatoms. The monoisotopic (exact) mass is 358 g/mol. The third-order valence-corrected chi connectivity index (χ3v) is 5.35. The molecule has 0 aliphatic heterocycles. The number of anilines is 1. The topological polar surface area (TPSA) is 70.7 Å². The normalized spacial score (nSPS) is 12.1. The lowest BCUT2D eigenvalue weighted by atomic mass is 10.1. The molecule has 2 aromatic heterocycles. The highest BCUT2D eigenvalue weighted by Crippen LogP contribution is 2.26. The number of amides is 1. The van der Waals surface area contributed by atoms with Crippen molar-refractivity contribution >= 4 is 34.7 Å². The Morgan fingerprint density at radius 3 is 2.88 bits per heavy atom. The van der Waals surface area contributed by atoms with Crippen LogP contribution >= 0.6 is 23.1 Å². The standard InChI is InChI=1S/C17H18N4OS2/c1-10-6-7-13(11(2)9-10)18-16(22)12(3)24-17-19-15(20-21-17)14-5-4-8-23-14/h4-9,12H,1-3H3,(H,18,22)(H,19,20,21)/t12-/m1/s1. The van der Waals surface area contributed by atoms with Crippen LogP contribution in [0.2, 0.25) is 0 Å². The van der Waals surface area contributed by atoms with Gasteiger partial charge in [0, 0.05) is 5.69 Å². The van der Waals surface area contributed by atoms with E-state index >= 15 is 0 Å². The molecule has 0 saturated carbocycles. The summed E-state index contributed by atoms with van der Waals surface area (Å²) in [6.07, 6.45) is 0. The van der Waals surface area contributed by atoms with Gasteiger partial charge in [0.05, 0.1) is 10.1 Å². The Morgan fingerprint density at radius 2 is 2.17 bits per heavy atom. The van der Waals surface area contributed by atoms with Gasteiger partial charge in [0.25, 0.3) is 0 Å². The highest BCUT2D eigenvalue weighted by molar-refractivity contribution is 8.00. The number of rotatable bonds is 5. The summed E-state index contributed by atoms with van der Waals surface area (Å²) in [7, 11) is 0. The number of thiophene rings is 1. The molecule has 2 heterocycles. The second kappa shape index (κ2) is 7.19. The van der Waals surface area contributed by atoms with Crippen molar-refractivity contribution in [2.75, 3.05) is 5.32 Å². The molecule has 0 aliphatic rings. The number of aromatic amines is 1. The van der Waals surface area contributed by atoms with Crippen molar-refractivity contribution in [3.05, 3.63) is 46.8 Å². The fourth-order valence-electron chi connectivity index (χ4n) is 2.22. The van der Waals surface area contributed by atoms with E-state index in [0.717, 1.165) is 22.0 Å². The van der Waals surface area contributed by atoms with Gasteiger partial charge >= 0.3 is 0 Å². The van der Waals surface area contributed by atoms with Crippen LogP contribution in [-0.2, 0) is 4.79 Å². The average molecular weight is 358 g/mol. The van der Waals surface area contributed by atoms with Gasteiger partial charge < -0.3 is 5.32 Å². The fourth-order valence-corrected chi connectivity index (χ4v) is 3.61. The van der Waals surface area contributed by atoms with Crippen LogP contribution in [0.25, 0.3) is 10.7 Å². The van der Waals surface area contributed by atoms with Crippen LogP contribution in [0, 0.1) is 13.8 Å². The molecule has 1 aromatic carbocycles. The fraction of sp³-hybridized carbons (Fsp3) is 0.235. The number of nitrogens with zero attached hydrogens (tertiary/aromatic N) is 2. The Labute approximate surface area is 148 Å². The lowest BCUT2D eigenvalue weighted by Crippen LogP contribution is -2.23. The first kappa shape index (κ1) is 16.7. The summed E-state index contributed by atoms with van der Waals surface area (Å²) in [5.74, 6) is 0.670. The number of benzene rings is 1. The largest absolute Gasteiger partial charge is 0.325 e. The SMILES string of the molecule is Cc1ccc(NC(=O)[C@@H](C)Sc2n[nH]c(-c3cccs3)n2)c(C)c1. The molecule has 1 amide bonds. The van der Waals surface area contributed by atoms with Gasteiger partial charge in [0.1, 0.15) is 0 Å². The first-order valence-corrected chi connectivity index (χ1v) is 9.30. The molecule has 0 unspecified atom stereocenters. The summed E-state index contributed by atoms with van der Waals surface area (Å²) in [5, 5.41) is 12.3. The number of aromatic nitrogens is 3. The Morgan fingerprint density at radius 1 is 1.33 bits per heavy atom. The maximum atomic E-state index is 12.4. The zero-order valence-corrected chi connectivity index (χ0v) is 15.3. The zero-order chi connectivity index (χ0) is 17.1. The molecular formula is C17H18N4OS2. The number of hydrogen-bond acceptors (Lipinski definition) is 5. The van der Waals surface area contributed by atoms with E-state index in [2.05, 4.69) is 26.6 Å². The molecular weight excluding hydrogens is 340 g/mol. The highest BCUT2D eigenvalue weighted by atomic mass is 32.2. The molecule has 0 spiro atoms. The summed E-state index contributed by atoms with van der Waals surface area (Å²) >= 11 is 2.93. The van der Waals surface area contributed by atoms with Gasteiger partial charge in [-0.15, -0.1) is 16.4 Å². The Kier molecular flexibility index (Phi) is 5.01. The number of aryl methyl sites for hydroxylation is 2. The minimum atomic E-state index is -0.294. The lowest BCUT2D eigenvalue weighted by molar-refractivity contribution is -0.115. The molecule has 5 nitrogen and oxygen atoms in total. The van der Waals surface area contributed by atoms with Crippen molar-refractivity contribution in [1.29, 1.82) is 0 Å². The first-order chi connectivity index (χ1) is 11.5. The quantitative estimate of drug-likeness (QED) is 0.668. The second-order valence-electron chi connectivity index (χ2n) is 5.51. The molecule has 0 bridgehead atoms. The smallest absolute Gasteiger partial charge is 0.237 e. The van der Waals surface area contributed by atoms with E-state index in [1.54, 1.807) is 11.3 Å². The molecule has 0 fully saturated rings. The van der Waals surface area contributed by atoms with E-state index < -0.39 is 0 Å². The van der Waals surface area contributed by atoms with Crippen LogP contribution in [0.1, 0.15) is 18.1 Å². The number of H-pyrrole nitrogens is 1. The van der Waals surface area contributed by atoms with E-state index in [0.29, 0.717) is 5.16 Å². The van der Waals surface area contributed by atoms with Crippen molar-refractivity contribution in [2.24, 2.45) is 0 Å². The Bertz CT molecular complexity index is 842. The zero-order valence-electron chi connectivity index (χ0n) is 13.7. The lowest BCUT2D eigenvalue weighted by Gasteiger charge is -2.12. The van der Waals surface area contributed by atoms with E-state index in [-0.39, 0.29) is 11.2 Å². The highest BCUT2D eigenvalue weighted by Gasteiger charge is 2.18. The number of hydrogen-bond donors (Lipinski definition) is 2. The predicted octanol–water partition coefficient (Wildman–Crippen LogP) is 4.27. The number of nitrogens with one attached hydrogen (secondary N) is 2. The second-order valence-corrected chi connectivity index (χ2v) is 7.77. The van der Waals surface area contributed by atoms with Gasteiger partial charge in [-0.25, -0.2) is 4.98 Å². The molecule has 0 aliphatic carbocycles. The maximum Gasteiger partial charge on any atom is 0.237 e.